The minimum absolute atomic E-state index is 0.0369. The Kier molecular flexibility index (Phi) is 5.09. The van der Waals surface area contributed by atoms with Crippen LogP contribution in [0.1, 0.15) is 24.5 Å². The number of aryl methyl sites for hydroxylation is 1. The lowest BCUT2D eigenvalue weighted by molar-refractivity contribution is 0.571. The van der Waals surface area contributed by atoms with Crippen molar-refractivity contribution in [1.29, 1.82) is 0 Å². The fraction of sp³-hybridized carbons (Fsp3) is 0.333. The van der Waals surface area contributed by atoms with Crippen molar-refractivity contribution < 1.29 is 4.39 Å². The summed E-state index contributed by atoms with van der Waals surface area (Å²) in [6.07, 6.45) is 4.86. The van der Waals surface area contributed by atoms with Crippen molar-refractivity contribution in [2.45, 2.75) is 42.8 Å². The summed E-state index contributed by atoms with van der Waals surface area (Å²) in [5.74, 6) is -0.217. The molecule has 2 aromatic rings. The number of aromatic nitrogens is 2. The molecule has 1 unspecified atom stereocenters. The maximum atomic E-state index is 14.0. The van der Waals surface area contributed by atoms with Gasteiger partial charge < -0.3 is 5.73 Å². The fourth-order valence-corrected chi connectivity index (χ4v) is 2.63. The van der Waals surface area contributed by atoms with Crippen LogP contribution in [0.15, 0.2) is 40.6 Å². The first-order valence-electron chi connectivity index (χ1n) is 6.59. The second-order valence-electron chi connectivity index (χ2n) is 4.73. The molecule has 0 fully saturated rings. The van der Waals surface area contributed by atoms with Gasteiger partial charge in [-0.3, -0.25) is 0 Å². The predicted molar refractivity (Wildman–Crippen MR) is 79.3 cm³/mol. The summed E-state index contributed by atoms with van der Waals surface area (Å²) in [5.41, 5.74) is 7.60. The molecule has 0 aliphatic carbocycles. The van der Waals surface area contributed by atoms with E-state index in [1.807, 2.05) is 19.9 Å². The van der Waals surface area contributed by atoms with Gasteiger partial charge in [-0.1, -0.05) is 13.0 Å². The van der Waals surface area contributed by atoms with Crippen molar-refractivity contribution in [1.82, 2.24) is 9.97 Å². The summed E-state index contributed by atoms with van der Waals surface area (Å²) in [5, 5.41) is 0.618. The minimum atomic E-state index is -0.217. The molecule has 1 aromatic heterocycles. The van der Waals surface area contributed by atoms with Crippen molar-refractivity contribution >= 4 is 11.8 Å². The third kappa shape index (κ3) is 3.77. The van der Waals surface area contributed by atoms with Gasteiger partial charge >= 0.3 is 0 Å². The first-order valence-corrected chi connectivity index (χ1v) is 7.41. The van der Waals surface area contributed by atoms with Gasteiger partial charge in [0.05, 0.1) is 0 Å². The van der Waals surface area contributed by atoms with Crippen LogP contribution in [-0.2, 0) is 6.42 Å². The van der Waals surface area contributed by atoms with Crippen LogP contribution < -0.4 is 5.73 Å². The second-order valence-corrected chi connectivity index (χ2v) is 5.74. The molecule has 2 N–H and O–H groups in total. The zero-order chi connectivity index (χ0) is 14.5. The highest BCUT2D eigenvalue weighted by molar-refractivity contribution is 7.99. The third-order valence-electron chi connectivity index (χ3n) is 3.03. The van der Waals surface area contributed by atoms with Gasteiger partial charge in [-0.05, 0) is 49.2 Å². The zero-order valence-corrected chi connectivity index (χ0v) is 12.5. The predicted octanol–water partition coefficient (Wildman–Crippen LogP) is 3.36. The number of rotatable bonds is 5. The second kappa shape index (κ2) is 6.81. The van der Waals surface area contributed by atoms with Crippen LogP contribution in [0.4, 0.5) is 4.39 Å². The first-order chi connectivity index (χ1) is 9.60. The van der Waals surface area contributed by atoms with Crippen molar-refractivity contribution in [2.75, 3.05) is 0 Å². The molecular weight excluding hydrogens is 273 g/mol. The largest absolute Gasteiger partial charge is 0.327 e. The summed E-state index contributed by atoms with van der Waals surface area (Å²) in [4.78, 5) is 9.31. The molecule has 0 saturated carbocycles. The van der Waals surface area contributed by atoms with E-state index in [-0.39, 0.29) is 11.9 Å². The maximum absolute atomic E-state index is 14.0. The number of nitrogens with two attached hydrogens (primary N) is 1. The lowest BCUT2D eigenvalue weighted by Gasteiger charge is -2.13. The molecule has 0 amide bonds. The van der Waals surface area contributed by atoms with Crippen LogP contribution in [0, 0.1) is 12.7 Å². The van der Waals surface area contributed by atoms with E-state index in [1.165, 1.54) is 17.8 Å². The number of nitrogens with zero attached hydrogens (tertiary/aromatic N) is 2. The number of halogens is 1. The first kappa shape index (κ1) is 14.9. The van der Waals surface area contributed by atoms with Crippen LogP contribution in [0.25, 0.3) is 0 Å². The van der Waals surface area contributed by atoms with Gasteiger partial charge in [0.2, 0.25) is 0 Å². The molecule has 3 nitrogen and oxygen atoms in total. The topological polar surface area (TPSA) is 51.8 Å². The minimum Gasteiger partial charge on any atom is -0.327 e. The van der Waals surface area contributed by atoms with Gasteiger partial charge in [0.25, 0.3) is 0 Å². The van der Waals surface area contributed by atoms with Crippen LogP contribution in [0.5, 0.6) is 0 Å². The molecule has 1 atom stereocenters. The summed E-state index contributed by atoms with van der Waals surface area (Å²) in [6.45, 7) is 3.93. The van der Waals surface area contributed by atoms with Gasteiger partial charge in [0, 0.05) is 28.9 Å². The molecule has 1 aromatic carbocycles. The van der Waals surface area contributed by atoms with E-state index in [4.69, 9.17) is 5.73 Å². The van der Waals surface area contributed by atoms with Crippen LogP contribution in [0.3, 0.4) is 0 Å². The number of hydrogen-bond acceptors (Lipinski definition) is 4. The van der Waals surface area contributed by atoms with E-state index in [2.05, 4.69) is 9.97 Å². The summed E-state index contributed by atoms with van der Waals surface area (Å²) in [6, 6.07) is 5.02. The zero-order valence-electron chi connectivity index (χ0n) is 11.6. The fourth-order valence-electron chi connectivity index (χ4n) is 1.77. The summed E-state index contributed by atoms with van der Waals surface area (Å²) >= 11 is 1.37. The molecule has 5 heteroatoms. The highest BCUT2D eigenvalue weighted by Gasteiger charge is 2.13. The van der Waals surface area contributed by atoms with Crippen LogP contribution >= 0.6 is 11.8 Å². The Hall–Kier alpha value is -1.46. The van der Waals surface area contributed by atoms with Crippen LogP contribution in [0.2, 0.25) is 0 Å². The quantitative estimate of drug-likeness (QED) is 0.858. The van der Waals surface area contributed by atoms with E-state index in [0.29, 0.717) is 17.1 Å². The smallest absolute Gasteiger partial charge is 0.192 e. The van der Waals surface area contributed by atoms with Crippen molar-refractivity contribution in [3.05, 3.63) is 47.5 Å². The number of hydrogen-bond donors (Lipinski definition) is 1. The Bertz CT molecular complexity index is 572. The van der Waals surface area contributed by atoms with Crippen molar-refractivity contribution in [3.63, 3.8) is 0 Å². The van der Waals surface area contributed by atoms with E-state index in [0.717, 1.165) is 16.9 Å². The molecule has 2 rings (SSSR count). The molecule has 0 saturated heterocycles. The molecular formula is C15H18FN3S. The Morgan fingerprint density at radius 3 is 2.65 bits per heavy atom. The highest BCUT2D eigenvalue weighted by Crippen LogP contribution is 2.30. The SMILES string of the molecule is CCC(N)Cc1c(F)cccc1Sc1ncc(C)cn1. The molecule has 1 heterocycles. The lowest BCUT2D eigenvalue weighted by Crippen LogP contribution is -2.22. The lowest BCUT2D eigenvalue weighted by atomic mass is 10.0. The van der Waals surface area contributed by atoms with Crippen LogP contribution in [-0.4, -0.2) is 16.0 Å². The van der Waals surface area contributed by atoms with Gasteiger partial charge in [-0.2, -0.15) is 0 Å². The normalized spacial score (nSPS) is 12.4. The average molecular weight is 291 g/mol. The van der Waals surface area contributed by atoms with Gasteiger partial charge in [0.15, 0.2) is 5.16 Å². The molecule has 20 heavy (non-hydrogen) atoms. The Morgan fingerprint density at radius 2 is 2.00 bits per heavy atom. The Labute approximate surface area is 122 Å². The Morgan fingerprint density at radius 1 is 1.30 bits per heavy atom. The van der Waals surface area contributed by atoms with E-state index in [1.54, 1.807) is 18.5 Å². The number of benzene rings is 1. The van der Waals surface area contributed by atoms with E-state index >= 15 is 0 Å². The highest BCUT2D eigenvalue weighted by atomic mass is 32.2. The summed E-state index contributed by atoms with van der Waals surface area (Å²) in [7, 11) is 0. The van der Waals surface area contributed by atoms with E-state index < -0.39 is 0 Å². The van der Waals surface area contributed by atoms with Gasteiger partial charge in [-0.15, -0.1) is 0 Å². The van der Waals surface area contributed by atoms with Gasteiger partial charge in [-0.25, -0.2) is 14.4 Å². The molecule has 106 valence electrons. The molecule has 0 radical (unpaired) electrons. The third-order valence-corrected chi connectivity index (χ3v) is 4.02. The standard InChI is InChI=1S/C15H18FN3S/c1-3-11(17)7-12-13(16)5-4-6-14(12)20-15-18-8-10(2)9-19-15/h4-6,8-9,11H,3,7,17H2,1-2H3. The Balaban J connectivity index is 2.26. The molecule has 0 spiro atoms. The summed E-state index contributed by atoms with van der Waals surface area (Å²) < 4.78 is 14.0. The van der Waals surface area contributed by atoms with Crippen molar-refractivity contribution in [3.8, 4) is 0 Å². The molecule has 0 aliphatic rings. The maximum Gasteiger partial charge on any atom is 0.192 e. The van der Waals surface area contributed by atoms with Crippen molar-refractivity contribution in [2.24, 2.45) is 5.73 Å². The molecule has 0 aliphatic heterocycles. The molecule has 0 bridgehead atoms. The monoisotopic (exact) mass is 291 g/mol. The van der Waals surface area contributed by atoms with E-state index in [9.17, 15) is 4.39 Å². The van der Waals surface area contributed by atoms with Gasteiger partial charge in [0.1, 0.15) is 5.82 Å². The average Bonchev–Trinajstić information content (AvgIpc) is 2.45.